The number of benzene rings is 2. The lowest BCUT2D eigenvalue weighted by molar-refractivity contribution is -0.159. The average Bonchev–Trinajstić information content (AvgIpc) is 3.01. The van der Waals surface area contributed by atoms with E-state index in [-0.39, 0.29) is 12.1 Å². The number of fused-ring (bicyclic) bond motifs is 5. The smallest absolute Gasteiger partial charge is 0.414 e. The fourth-order valence-electron chi connectivity index (χ4n) is 3.33. The van der Waals surface area contributed by atoms with E-state index in [4.69, 9.17) is 41.0 Å². The first kappa shape index (κ1) is 20.9. The molecule has 1 saturated heterocycles. The third-order valence-electron chi connectivity index (χ3n) is 4.44. The second kappa shape index (κ2) is 8.69. The summed E-state index contributed by atoms with van der Waals surface area (Å²) in [5.41, 5.74) is 2.04. The van der Waals surface area contributed by atoms with E-state index in [1.54, 1.807) is 0 Å². The molecule has 1 fully saturated rings. The van der Waals surface area contributed by atoms with Gasteiger partial charge in [-0.05, 0) is 38.4 Å². The van der Waals surface area contributed by atoms with Crippen molar-refractivity contribution in [2.75, 3.05) is 25.7 Å². The number of ether oxygens (including phenoxy) is 1. The quantitative estimate of drug-likeness (QED) is 0.713. The monoisotopic (exact) mass is 420 g/mol. The number of halogens is 1. The normalized spacial score (nSPS) is 19.1. The van der Waals surface area contributed by atoms with Gasteiger partial charge in [0.15, 0.2) is 5.75 Å². The number of anilines is 1. The summed E-state index contributed by atoms with van der Waals surface area (Å²) in [6.45, 7) is 0.881. The number of carbonyl (C=O) groups is 2. The van der Waals surface area contributed by atoms with Gasteiger partial charge in [0.2, 0.25) is 0 Å². The van der Waals surface area contributed by atoms with E-state index in [0.29, 0.717) is 5.02 Å². The van der Waals surface area contributed by atoms with Gasteiger partial charge in [0.25, 0.3) is 0 Å². The van der Waals surface area contributed by atoms with Gasteiger partial charge in [-0.3, -0.25) is 4.84 Å². The number of carboxylic acids is 2. The van der Waals surface area contributed by atoms with Gasteiger partial charge >= 0.3 is 11.9 Å². The Morgan fingerprint density at radius 1 is 1.14 bits per heavy atom. The molecule has 0 spiro atoms. The second-order valence-electron chi connectivity index (χ2n) is 6.93. The van der Waals surface area contributed by atoms with Gasteiger partial charge in [-0.1, -0.05) is 29.8 Å². The number of nitrogens with zero attached hydrogens (tertiary/aromatic N) is 2. The van der Waals surface area contributed by atoms with Crippen molar-refractivity contribution in [3.8, 4) is 11.5 Å². The average molecular weight is 421 g/mol. The predicted molar refractivity (Wildman–Crippen MR) is 107 cm³/mol. The summed E-state index contributed by atoms with van der Waals surface area (Å²) in [5, 5.41) is 17.4. The maximum Gasteiger partial charge on any atom is 0.414 e. The van der Waals surface area contributed by atoms with Crippen LogP contribution in [0.25, 0.3) is 0 Å². The number of aliphatic carboxylic acids is 2. The molecule has 8 nitrogen and oxygen atoms in total. The van der Waals surface area contributed by atoms with Crippen LogP contribution in [0.15, 0.2) is 42.5 Å². The number of hydrogen-bond donors (Lipinski definition) is 2. The molecular weight excluding hydrogens is 400 g/mol. The van der Waals surface area contributed by atoms with Gasteiger partial charge < -0.3 is 19.8 Å². The molecule has 0 amide bonds. The summed E-state index contributed by atoms with van der Waals surface area (Å²) >= 11 is 6.21. The molecule has 2 aliphatic rings. The standard InChI is InChI=1S/C18H19ClN2O2.C2H2O4/c1-20(2)11-13-10-15-14-5-3-4-6-17(14)22-18-8-7-12(19)9-16(18)21(15)23-13;3-1(4)2(5)6/h3-9,13,15H,10-11H2,1-2H3;(H,3,4)(H,5,6). The molecule has 154 valence electrons. The van der Waals surface area contributed by atoms with Crippen LogP contribution in [0, 0.1) is 0 Å². The zero-order valence-corrected chi connectivity index (χ0v) is 16.7. The topological polar surface area (TPSA) is 99.5 Å². The van der Waals surface area contributed by atoms with Crippen molar-refractivity contribution in [3.05, 3.63) is 53.1 Å². The van der Waals surface area contributed by atoms with Gasteiger partial charge in [0.05, 0.1) is 6.04 Å². The van der Waals surface area contributed by atoms with E-state index in [0.717, 1.165) is 35.7 Å². The molecule has 0 radical (unpaired) electrons. The van der Waals surface area contributed by atoms with Crippen LogP contribution in [0.3, 0.4) is 0 Å². The van der Waals surface area contributed by atoms with Crippen LogP contribution >= 0.6 is 11.6 Å². The van der Waals surface area contributed by atoms with E-state index in [1.165, 1.54) is 0 Å². The van der Waals surface area contributed by atoms with E-state index >= 15 is 0 Å². The summed E-state index contributed by atoms with van der Waals surface area (Å²) in [5.74, 6) is -1.99. The Bertz CT molecular complexity index is 908. The molecule has 0 aromatic heterocycles. The molecule has 29 heavy (non-hydrogen) atoms. The fourth-order valence-corrected chi connectivity index (χ4v) is 3.50. The number of likely N-dealkylation sites (N-methyl/N-ethyl adjacent to an activating group) is 1. The highest BCUT2D eigenvalue weighted by Crippen LogP contribution is 2.49. The molecule has 0 saturated carbocycles. The Morgan fingerprint density at radius 3 is 2.48 bits per heavy atom. The van der Waals surface area contributed by atoms with E-state index in [9.17, 15) is 0 Å². The lowest BCUT2D eigenvalue weighted by Crippen LogP contribution is -2.27. The Morgan fingerprint density at radius 2 is 1.83 bits per heavy atom. The van der Waals surface area contributed by atoms with Crippen LogP contribution in [0.1, 0.15) is 18.0 Å². The highest BCUT2D eigenvalue weighted by molar-refractivity contribution is 6.31. The lowest BCUT2D eigenvalue weighted by Gasteiger charge is -2.24. The highest BCUT2D eigenvalue weighted by atomic mass is 35.5. The maximum absolute atomic E-state index is 9.10. The number of para-hydroxylation sites is 1. The van der Waals surface area contributed by atoms with Crippen molar-refractivity contribution in [1.82, 2.24) is 4.90 Å². The highest BCUT2D eigenvalue weighted by Gasteiger charge is 2.39. The van der Waals surface area contributed by atoms with E-state index in [1.807, 2.05) is 41.5 Å². The summed E-state index contributed by atoms with van der Waals surface area (Å²) < 4.78 is 6.12. The van der Waals surface area contributed by atoms with Crippen LogP contribution in [0.2, 0.25) is 5.02 Å². The lowest BCUT2D eigenvalue weighted by atomic mass is 10.0. The van der Waals surface area contributed by atoms with Crippen LogP contribution in [-0.4, -0.2) is 53.8 Å². The third kappa shape index (κ3) is 4.79. The fraction of sp³-hybridized carbons (Fsp3) is 0.300. The van der Waals surface area contributed by atoms with Gasteiger partial charge in [0, 0.05) is 23.6 Å². The minimum absolute atomic E-state index is 0.135. The predicted octanol–water partition coefficient (Wildman–Crippen LogP) is 3.41. The molecule has 2 heterocycles. The zero-order valence-electron chi connectivity index (χ0n) is 15.9. The molecular formula is C20H21ClN2O6. The third-order valence-corrected chi connectivity index (χ3v) is 4.68. The Kier molecular flexibility index (Phi) is 6.26. The van der Waals surface area contributed by atoms with E-state index in [2.05, 4.69) is 25.1 Å². The number of rotatable bonds is 2. The minimum atomic E-state index is -1.82. The van der Waals surface area contributed by atoms with Crippen molar-refractivity contribution < 1.29 is 29.4 Å². The molecule has 2 aliphatic heterocycles. The molecule has 2 N–H and O–H groups in total. The van der Waals surface area contributed by atoms with Crippen molar-refractivity contribution in [2.45, 2.75) is 18.6 Å². The van der Waals surface area contributed by atoms with Crippen LogP contribution in [0.4, 0.5) is 5.69 Å². The SMILES string of the molecule is CN(C)CC1CC2c3ccccc3Oc3ccc(Cl)cc3N2O1.O=C(O)C(=O)O. The van der Waals surface area contributed by atoms with Crippen LogP contribution in [-0.2, 0) is 14.4 Å². The van der Waals surface area contributed by atoms with Gasteiger partial charge in [-0.2, -0.15) is 0 Å². The number of carboxylic acid groups (broad SMARTS) is 2. The van der Waals surface area contributed by atoms with Crippen LogP contribution < -0.4 is 9.80 Å². The van der Waals surface area contributed by atoms with Gasteiger partial charge in [-0.25, -0.2) is 14.7 Å². The molecule has 2 atom stereocenters. The van der Waals surface area contributed by atoms with Crippen molar-refractivity contribution >= 4 is 29.2 Å². The summed E-state index contributed by atoms with van der Waals surface area (Å²) in [6.07, 6.45) is 1.07. The Labute approximate surface area is 172 Å². The molecule has 0 aliphatic carbocycles. The second-order valence-corrected chi connectivity index (χ2v) is 7.37. The molecule has 2 aromatic carbocycles. The minimum Gasteiger partial charge on any atom is -0.473 e. The number of hydrogen-bond acceptors (Lipinski definition) is 6. The van der Waals surface area contributed by atoms with E-state index < -0.39 is 11.9 Å². The summed E-state index contributed by atoms with van der Waals surface area (Å²) in [7, 11) is 4.13. The Balaban J connectivity index is 0.000000353. The largest absolute Gasteiger partial charge is 0.473 e. The van der Waals surface area contributed by atoms with Crippen molar-refractivity contribution in [1.29, 1.82) is 0 Å². The van der Waals surface area contributed by atoms with Crippen molar-refractivity contribution in [2.24, 2.45) is 0 Å². The molecule has 2 unspecified atom stereocenters. The molecule has 4 rings (SSSR count). The summed E-state index contributed by atoms with van der Waals surface area (Å²) in [4.78, 5) is 26.6. The zero-order chi connectivity index (χ0) is 21.1. The molecule has 0 bridgehead atoms. The van der Waals surface area contributed by atoms with Crippen LogP contribution in [0.5, 0.6) is 11.5 Å². The summed E-state index contributed by atoms with van der Waals surface area (Å²) in [6, 6.07) is 14.0. The molecule has 9 heteroatoms. The van der Waals surface area contributed by atoms with Crippen molar-refractivity contribution in [3.63, 3.8) is 0 Å². The number of hydroxylamine groups is 1. The Hall–Kier alpha value is -2.81. The van der Waals surface area contributed by atoms with Gasteiger partial charge in [0.1, 0.15) is 17.5 Å². The van der Waals surface area contributed by atoms with Gasteiger partial charge in [-0.15, -0.1) is 0 Å². The maximum atomic E-state index is 9.10. The first-order valence-corrected chi connectivity index (χ1v) is 9.27. The first-order valence-electron chi connectivity index (χ1n) is 8.89. The molecule has 2 aromatic rings. The first-order chi connectivity index (χ1) is 13.8.